The summed E-state index contributed by atoms with van der Waals surface area (Å²) in [6, 6.07) is 10.0. The highest BCUT2D eigenvalue weighted by Crippen LogP contribution is 2.42. The minimum absolute atomic E-state index is 0.342. The molecule has 1 aromatic carbocycles. The molecule has 0 heterocycles. The Labute approximate surface area is 109 Å². The molecule has 1 aromatic rings. The molecule has 0 amide bonds. The lowest BCUT2D eigenvalue weighted by molar-refractivity contribution is 0.357. The predicted octanol–water partition coefficient (Wildman–Crippen LogP) is 3.76. The highest BCUT2D eigenvalue weighted by Gasteiger charge is 2.13. The summed E-state index contributed by atoms with van der Waals surface area (Å²) >= 11 is 0. The Bertz CT molecular complexity index is 429. The largest absolute Gasteiger partial charge is 0.324 e. The average Bonchev–Trinajstić information content (AvgIpc) is 2.37. The minimum atomic E-state index is -2.48. The van der Waals surface area contributed by atoms with Gasteiger partial charge in [0.2, 0.25) is 7.37 Å². The second kappa shape index (κ2) is 8.02. The zero-order valence-corrected chi connectivity index (χ0v) is 11.7. The Morgan fingerprint density at radius 3 is 2.78 bits per heavy atom. The Hall–Kier alpha value is -1.18. The van der Waals surface area contributed by atoms with E-state index in [0.717, 1.165) is 0 Å². The quantitative estimate of drug-likeness (QED) is 0.408. The van der Waals surface area contributed by atoms with Crippen LogP contribution < -0.4 is 0 Å². The number of rotatable bonds is 8. The van der Waals surface area contributed by atoms with E-state index in [1.165, 1.54) is 5.56 Å². The lowest BCUT2D eigenvalue weighted by Crippen LogP contribution is -1.95. The number of benzene rings is 1. The average molecular weight is 265 g/mol. The van der Waals surface area contributed by atoms with E-state index in [2.05, 4.69) is 11.6 Å². The van der Waals surface area contributed by atoms with Crippen molar-refractivity contribution in [2.45, 2.75) is 13.0 Å². The first-order valence-electron chi connectivity index (χ1n) is 5.98. The number of hydrogen-bond acceptors (Lipinski definition) is 3. The van der Waals surface area contributed by atoms with Gasteiger partial charge in [0.25, 0.3) is 0 Å². The van der Waals surface area contributed by atoms with Gasteiger partial charge in [0.15, 0.2) is 0 Å². The van der Waals surface area contributed by atoms with E-state index in [4.69, 9.17) is 4.52 Å². The van der Waals surface area contributed by atoms with Crippen molar-refractivity contribution in [2.24, 2.45) is 4.99 Å². The maximum atomic E-state index is 11.9. The van der Waals surface area contributed by atoms with Crippen molar-refractivity contribution in [1.82, 2.24) is 0 Å². The molecule has 0 radical (unpaired) electrons. The fraction of sp³-hybridized carbons (Fsp3) is 0.357. The molecule has 0 N–H and O–H groups in total. The summed E-state index contributed by atoms with van der Waals surface area (Å²) in [5.74, 6) is 0. The van der Waals surface area contributed by atoms with Crippen molar-refractivity contribution in [3.8, 4) is 0 Å². The van der Waals surface area contributed by atoms with Crippen LogP contribution in [0.2, 0.25) is 0 Å². The molecule has 1 atom stereocenters. The van der Waals surface area contributed by atoms with E-state index in [0.29, 0.717) is 25.7 Å². The Morgan fingerprint density at radius 2 is 2.11 bits per heavy atom. The molecule has 18 heavy (non-hydrogen) atoms. The van der Waals surface area contributed by atoms with Crippen LogP contribution in [-0.2, 0) is 15.6 Å². The summed E-state index contributed by atoms with van der Waals surface area (Å²) in [5.41, 5.74) is 1.18. The van der Waals surface area contributed by atoms with Crippen molar-refractivity contribution in [2.75, 3.05) is 19.4 Å². The van der Waals surface area contributed by atoms with Gasteiger partial charge in [0, 0.05) is 12.8 Å². The third kappa shape index (κ3) is 6.53. The molecule has 3 nitrogen and oxygen atoms in total. The minimum Gasteiger partial charge on any atom is -0.324 e. The molecule has 0 aliphatic carbocycles. The van der Waals surface area contributed by atoms with E-state index in [-0.39, 0.29) is 0 Å². The highest BCUT2D eigenvalue weighted by atomic mass is 31.2. The molecule has 0 saturated heterocycles. The van der Waals surface area contributed by atoms with Crippen LogP contribution in [-0.4, -0.2) is 25.6 Å². The van der Waals surface area contributed by atoms with Gasteiger partial charge in [0.05, 0.1) is 13.2 Å². The van der Waals surface area contributed by atoms with Crippen molar-refractivity contribution < 1.29 is 9.09 Å². The van der Waals surface area contributed by atoms with E-state index < -0.39 is 7.37 Å². The standard InChI is InChI=1S/C14H20NO2P/c1-3-11-17-18(2,16)12-7-10-15-13-14-8-5-4-6-9-14/h3-6,8-10H,1,7,11-13H2,2H3. The molecule has 0 bridgehead atoms. The van der Waals surface area contributed by atoms with Crippen LogP contribution >= 0.6 is 7.37 Å². The zero-order valence-electron chi connectivity index (χ0n) is 10.8. The van der Waals surface area contributed by atoms with Gasteiger partial charge in [-0.25, -0.2) is 0 Å². The second-order valence-corrected chi connectivity index (χ2v) is 6.85. The summed E-state index contributed by atoms with van der Waals surface area (Å²) in [4.78, 5) is 4.30. The lowest BCUT2D eigenvalue weighted by atomic mass is 10.2. The maximum absolute atomic E-state index is 11.9. The van der Waals surface area contributed by atoms with Gasteiger partial charge in [-0.15, -0.1) is 6.58 Å². The topological polar surface area (TPSA) is 38.7 Å². The third-order valence-corrected chi connectivity index (χ3v) is 4.14. The first-order chi connectivity index (χ1) is 8.64. The van der Waals surface area contributed by atoms with Gasteiger partial charge in [-0.1, -0.05) is 36.4 Å². The monoisotopic (exact) mass is 265 g/mol. The maximum Gasteiger partial charge on any atom is 0.200 e. The Morgan fingerprint density at radius 1 is 1.39 bits per heavy atom. The van der Waals surface area contributed by atoms with Gasteiger partial charge in [-0.3, -0.25) is 9.56 Å². The second-order valence-electron chi connectivity index (χ2n) is 4.12. The molecular weight excluding hydrogens is 245 g/mol. The molecular formula is C14H20NO2P. The molecule has 98 valence electrons. The molecule has 0 spiro atoms. The summed E-state index contributed by atoms with van der Waals surface area (Å²) in [7, 11) is -2.48. The first kappa shape index (κ1) is 14.9. The van der Waals surface area contributed by atoms with Crippen LogP contribution in [0.3, 0.4) is 0 Å². The molecule has 0 aromatic heterocycles. The molecule has 1 unspecified atom stereocenters. The highest BCUT2D eigenvalue weighted by molar-refractivity contribution is 7.58. The lowest BCUT2D eigenvalue weighted by Gasteiger charge is -2.10. The van der Waals surface area contributed by atoms with E-state index >= 15 is 0 Å². The fourth-order valence-electron chi connectivity index (χ4n) is 1.41. The first-order valence-corrected chi connectivity index (χ1v) is 8.24. The predicted molar refractivity (Wildman–Crippen MR) is 77.8 cm³/mol. The number of nitrogens with zero attached hydrogens (tertiary/aromatic N) is 1. The van der Waals surface area contributed by atoms with Crippen molar-refractivity contribution in [3.63, 3.8) is 0 Å². The SMILES string of the molecule is C=CCOP(C)(=O)CCC=NCc1ccccc1. The van der Waals surface area contributed by atoms with Gasteiger partial charge >= 0.3 is 0 Å². The van der Waals surface area contributed by atoms with Crippen molar-refractivity contribution >= 4 is 13.6 Å². The normalized spacial score (nSPS) is 14.5. The third-order valence-electron chi connectivity index (χ3n) is 2.38. The van der Waals surface area contributed by atoms with Crippen molar-refractivity contribution in [1.29, 1.82) is 0 Å². The van der Waals surface area contributed by atoms with Crippen LogP contribution in [0.1, 0.15) is 12.0 Å². The van der Waals surface area contributed by atoms with E-state index in [9.17, 15) is 4.57 Å². The van der Waals surface area contributed by atoms with Crippen LogP contribution in [0.5, 0.6) is 0 Å². The van der Waals surface area contributed by atoms with Crippen LogP contribution in [0, 0.1) is 0 Å². The van der Waals surface area contributed by atoms with Crippen molar-refractivity contribution in [3.05, 3.63) is 48.6 Å². The summed E-state index contributed by atoms with van der Waals surface area (Å²) in [5, 5.41) is 0. The van der Waals surface area contributed by atoms with E-state index in [1.54, 1.807) is 12.7 Å². The molecule has 0 fully saturated rings. The van der Waals surface area contributed by atoms with Gasteiger partial charge in [-0.2, -0.15) is 0 Å². The smallest absolute Gasteiger partial charge is 0.200 e. The summed E-state index contributed by atoms with van der Waals surface area (Å²) in [6.07, 6.45) is 4.64. The molecule has 4 heteroatoms. The molecule has 0 aliphatic heterocycles. The Balaban J connectivity index is 2.25. The molecule has 1 rings (SSSR count). The van der Waals surface area contributed by atoms with Crippen LogP contribution in [0.15, 0.2) is 48.0 Å². The Kier molecular flexibility index (Phi) is 6.63. The number of hydrogen-bond donors (Lipinski definition) is 0. The number of aliphatic imine (C=N–C) groups is 1. The van der Waals surface area contributed by atoms with Crippen LogP contribution in [0.4, 0.5) is 0 Å². The fourth-order valence-corrected chi connectivity index (χ4v) is 2.55. The summed E-state index contributed by atoms with van der Waals surface area (Å²) in [6.45, 7) is 6.20. The van der Waals surface area contributed by atoms with Gasteiger partial charge < -0.3 is 4.52 Å². The van der Waals surface area contributed by atoms with Crippen LogP contribution in [0.25, 0.3) is 0 Å². The summed E-state index contributed by atoms with van der Waals surface area (Å²) < 4.78 is 17.1. The molecule has 0 aliphatic rings. The molecule has 0 saturated carbocycles. The van der Waals surface area contributed by atoms with Gasteiger partial charge in [-0.05, 0) is 18.2 Å². The van der Waals surface area contributed by atoms with Gasteiger partial charge in [0.1, 0.15) is 0 Å². The van der Waals surface area contributed by atoms with E-state index in [1.807, 2.05) is 36.5 Å². The zero-order chi connectivity index (χ0) is 13.3.